The van der Waals surface area contributed by atoms with Gasteiger partial charge in [-0.15, -0.1) is 0 Å². The molecule has 0 saturated carbocycles. The molecule has 1 aliphatic heterocycles. The molecular formula is C15H20N2O4. The number of fused-ring (bicyclic) bond motifs is 1. The van der Waals surface area contributed by atoms with E-state index in [0.29, 0.717) is 11.3 Å². The van der Waals surface area contributed by atoms with Gasteiger partial charge in [-0.2, -0.15) is 0 Å². The highest BCUT2D eigenvalue weighted by Crippen LogP contribution is 2.29. The van der Waals surface area contributed by atoms with Gasteiger partial charge in [0.1, 0.15) is 11.6 Å². The minimum Gasteiger partial charge on any atom is -0.444 e. The topological polar surface area (TPSA) is 87.7 Å². The van der Waals surface area contributed by atoms with E-state index in [-0.39, 0.29) is 12.3 Å². The summed E-state index contributed by atoms with van der Waals surface area (Å²) in [6.07, 6.45) is -1.41. The number of anilines is 1. The van der Waals surface area contributed by atoms with Crippen molar-refractivity contribution in [3.8, 4) is 0 Å². The standard InChI is InChI=1S/C15H20N2O4/c1-15(2,3)21-14(20)17-11-8-12(18)9-6-4-5-7-10(9)16-13(11)19/h4-7,11-12,18H,8H2,1-3H3,(H,16,19)(H,17,20). The van der Waals surface area contributed by atoms with E-state index in [2.05, 4.69) is 10.6 Å². The minimum absolute atomic E-state index is 0.0993. The zero-order chi connectivity index (χ0) is 15.6. The van der Waals surface area contributed by atoms with Crippen molar-refractivity contribution in [1.29, 1.82) is 0 Å². The van der Waals surface area contributed by atoms with Crippen molar-refractivity contribution in [1.82, 2.24) is 5.32 Å². The summed E-state index contributed by atoms with van der Waals surface area (Å²) >= 11 is 0. The van der Waals surface area contributed by atoms with Crippen molar-refractivity contribution in [2.45, 2.75) is 44.9 Å². The normalized spacial score (nSPS) is 21.8. The van der Waals surface area contributed by atoms with E-state index in [0.717, 1.165) is 0 Å². The molecule has 0 aliphatic carbocycles. The summed E-state index contributed by atoms with van der Waals surface area (Å²) in [6.45, 7) is 5.22. The van der Waals surface area contributed by atoms with Gasteiger partial charge in [-0.25, -0.2) is 4.79 Å². The molecule has 1 aromatic carbocycles. The van der Waals surface area contributed by atoms with Gasteiger partial charge in [-0.05, 0) is 26.8 Å². The molecule has 0 radical (unpaired) electrons. The predicted octanol–water partition coefficient (Wildman–Crippen LogP) is 1.96. The number of carbonyl (C=O) groups excluding carboxylic acids is 2. The summed E-state index contributed by atoms with van der Waals surface area (Å²) in [5.41, 5.74) is 0.551. The molecule has 0 fully saturated rings. The van der Waals surface area contributed by atoms with Crippen LogP contribution in [0.4, 0.5) is 10.5 Å². The van der Waals surface area contributed by atoms with Crippen LogP contribution in [0.1, 0.15) is 38.9 Å². The van der Waals surface area contributed by atoms with Crippen LogP contribution in [0.25, 0.3) is 0 Å². The fraction of sp³-hybridized carbons (Fsp3) is 0.467. The number of para-hydroxylation sites is 1. The molecule has 21 heavy (non-hydrogen) atoms. The summed E-state index contributed by atoms with van der Waals surface area (Å²) in [5, 5.41) is 15.4. The average molecular weight is 292 g/mol. The second kappa shape index (κ2) is 5.73. The Balaban J connectivity index is 2.10. The van der Waals surface area contributed by atoms with Crippen molar-refractivity contribution in [3.05, 3.63) is 29.8 Å². The van der Waals surface area contributed by atoms with Gasteiger partial charge >= 0.3 is 6.09 Å². The molecule has 0 bridgehead atoms. The van der Waals surface area contributed by atoms with Crippen LogP contribution in [0.5, 0.6) is 0 Å². The van der Waals surface area contributed by atoms with Crippen LogP contribution in [0.3, 0.4) is 0 Å². The lowest BCUT2D eigenvalue weighted by Crippen LogP contribution is -2.45. The molecule has 0 aromatic heterocycles. The first-order chi connectivity index (χ1) is 9.76. The smallest absolute Gasteiger partial charge is 0.408 e. The first kappa shape index (κ1) is 15.3. The lowest BCUT2D eigenvalue weighted by Gasteiger charge is -2.22. The molecule has 1 heterocycles. The Morgan fingerprint density at radius 2 is 2.05 bits per heavy atom. The highest BCUT2D eigenvalue weighted by molar-refractivity contribution is 5.98. The summed E-state index contributed by atoms with van der Waals surface area (Å²) in [5.74, 6) is -0.371. The largest absolute Gasteiger partial charge is 0.444 e. The molecule has 0 saturated heterocycles. The SMILES string of the molecule is CC(C)(C)OC(=O)NC1CC(O)c2ccccc2NC1=O. The Labute approximate surface area is 123 Å². The molecular weight excluding hydrogens is 272 g/mol. The summed E-state index contributed by atoms with van der Waals surface area (Å²) in [4.78, 5) is 23.9. The minimum atomic E-state index is -0.845. The highest BCUT2D eigenvalue weighted by atomic mass is 16.6. The Morgan fingerprint density at radius 3 is 2.71 bits per heavy atom. The molecule has 2 unspecified atom stereocenters. The van der Waals surface area contributed by atoms with E-state index in [9.17, 15) is 14.7 Å². The Kier molecular flexibility index (Phi) is 4.18. The lowest BCUT2D eigenvalue weighted by atomic mass is 10.0. The number of carbonyl (C=O) groups is 2. The van der Waals surface area contributed by atoms with Gasteiger partial charge in [0.2, 0.25) is 5.91 Å². The van der Waals surface area contributed by atoms with Crippen LogP contribution in [0.2, 0.25) is 0 Å². The van der Waals surface area contributed by atoms with Crippen molar-refractivity contribution in [2.75, 3.05) is 5.32 Å². The van der Waals surface area contributed by atoms with Gasteiger partial charge in [0, 0.05) is 17.7 Å². The van der Waals surface area contributed by atoms with E-state index >= 15 is 0 Å². The van der Waals surface area contributed by atoms with Gasteiger partial charge in [0.05, 0.1) is 6.10 Å². The summed E-state index contributed by atoms with van der Waals surface area (Å²) < 4.78 is 5.13. The van der Waals surface area contributed by atoms with Gasteiger partial charge in [-0.1, -0.05) is 18.2 Å². The van der Waals surface area contributed by atoms with Crippen molar-refractivity contribution < 1.29 is 19.4 Å². The van der Waals surface area contributed by atoms with E-state index in [1.165, 1.54) is 0 Å². The first-order valence-corrected chi connectivity index (χ1v) is 6.83. The fourth-order valence-corrected chi connectivity index (χ4v) is 2.15. The zero-order valence-electron chi connectivity index (χ0n) is 12.3. The van der Waals surface area contributed by atoms with Crippen molar-refractivity contribution >= 4 is 17.7 Å². The van der Waals surface area contributed by atoms with Gasteiger partial charge < -0.3 is 20.5 Å². The Bertz CT molecular complexity index is 551. The summed E-state index contributed by atoms with van der Waals surface area (Å²) in [6, 6.07) is 6.17. The quantitative estimate of drug-likeness (QED) is 0.738. The van der Waals surface area contributed by atoms with Crippen molar-refractivity contribution in [2.24, 2.45) is 0 Å². The van der Waals surface area contributed by atoms with E-state index in [1.807, 2.05) is 0 Å². The number of alkyl carbamates (subject to hydrolysis) is 1. The van der Waals surface area contributed by atoms with Crippen LogP contribution in [-0.4, -0.2) is 28.7 Å². The Hall–Kier alpha value is -2.08. The predicted molar refractivity (Wildman–Crippen MR) is 77.8 cm³/mol. The van der Waals surface area contributed by atoms with E-state index < -0.39 is 23.8 Å². The molecule has 2 atom stereocenters. The molecule has 3 N–H and O–H groups in total. The number of hydrogen-bond acceptors (Lipinski definition) is 4. The highest BCUT2D eigenvalue weighted by Gasteiger charge is 2.31. The number of aliphatic hydroxyl groups excluding tert-OH is 1. The van der Waals surface area contributed by atoms with Crippen molar-refractivity contribution in [3.63, 3.8) is 0 Å². The van der Waals surface area contributed by atoms with Gasteiger partial charge in [-0.3, -0.25) is 4.79 Å². The number of ether oxygens (including phenoxy) is 1. The van der Waals surface area contributed by atoms with Crippen LogP contribution in [0.15, 0.2) is 24.3 Å². The molecule has 2 rings (SSSR count). The number of nitrogens with one attached hydrogen (secondary N) is 2. The van der Waals surface area contributed by atoms with Gasteiger partial charge in [0.15, 0.2) is 0 Å². The number of aliphatic hydroxyl groups is 1. The number of rotatable bonds is 1. The van der Waals surface area contributed by atoms with E-state index in [4.69, 9.17) is 4.74 Å². The van der Waals surface area contributed by atoms with Crippen LogP contribution in [0, 0.1) is 0 Å². The number of amides is 2. The number of benzene rings is 1. The number of hydrogen-bond donors (Lipinski definition) is 3. The molecule has 0 spiro atoms. The second-order valence-electron chi connectivity index (χ2n) is 6.03. The lowest BCUT2D eigenvalue weighted by molar-refractivity contribution is -0.118. The molecule has 6 heteroatoms. The Morgan fingerprint density at radius 1 is 1.38 bits per heavy atom. The van der Waals surface area contributed by atoms with Crippen LogP contribution in [-0.2, 0) is 9.53 Å². The molecule has 1 aromatic rings. The zero-order valence-corrected chi connectivity index (χ0v) is 12.3. The molecule has 2 amide bonds. The average Bonchev–Trinajstić information content (AvgIpc) is 2.46. The van der Waals surface area contributed by atoms with Crippen LogP contribution < -0.4 is 10.6 Å². The maximum atomic E-state index is 12.1. The maximum Gasteiger partial charge on any atom is 0.408 e. The molecule has 6 nitrogen and oxygen atoms in total. The third kappa shape index (κ3) is 3.95. The fourth-order valence-electron chi connectivity index (χ4n) is 2.15. The van der Waals surface area contributed by atoms with E-state index in [1.54, 1.807) is 45.0 Å². The third-order valence-corrected chi connectivity index (χ3v) is 3.04. The summed E-state index contributed by atoms with van der Waals surface area (Å²) in [7, 11) is 0. The first-order valence-electron chi connectivity index (χ1n) is 6.83. The van der Waals surface area contributed by atoms with Crippen LogP contribution >= 0.6 is 0 Å². The monoisotopic (exact) mass is 292 g/mol. The molecule has 1 aliphatic rings. The second-order valence-corrected chi connectivity index (χ2v) is 6.03. The van der Waals surface area contributed by atoms with Gasteiger partial charge in [0.25, 0.3) is 0 Å². The third-order valence-electron chi connectivity index (χ3n) is 3.04. The molecule has 114 valence electrons. The maximum absolute atomic E-state index is 12.1.